The van der Waals surface area contributed by atoms with Gasteiger partial charge in [-0.1, -0.05) is 0 Å². The molecule has 13 heavy (non-hydrogen) atoms. The van der Waals surface area contributed by atoms with Crippen molar-refractivity contribution in [1.82, 2.24) is 0 Å². The van der Waals surface area contributed by atoms with Crippen molar-refractivity contribution in [3.05, 3.63) is 0 Å². The molecule has 0 aromatic heterocycles. The third kappa shape index (κ3) is 4.07. The van der Waals surface area contributed by atoms with E-state index in [4.69, 9.17) is 14.6 Å². The standard InChI is InChI=1S/C10H20O3/c1-10(2,3)13-9-6-8(7-9)12-5-4-11/h8-9,11H,4-7H2,1-3H3. The molecule has 0 aromatic rings. The number of hydrogen-bond acceptors (Lipinski definition) is 3. The lowest BCUT2D eigenvalue weighted by molar-refractivity contribution is -0.150. The second-order valence-electron chi connectivity index (χ2n) is 4.54. The molecule has 1 aliphatic rings. The van der Waals surface area contributed by atoms with Gasteiger partial charge in [0, 0.05) is 0 Å². The number of rotatable bonds is 4. The number of hydrogen-bond donors (Lipinski definition) is 1. The zero-order valence-electron chi connectivity index (χ0n) is 8.75. The van der Waals surface area contributed by atoms with Crippen LogP contribution in [0.3, 0.4) is 0 Å². The van der Waals surface area contributed by atoms with Crippen LogP contribution in [0, 0.1) is 0 Å². The minimum Gasteiger partial charge on any atom is -0.394 e. The third-order valence-corrected chi connectivity index (χ3v) is 2.02. The van der Waals surface area contributed by atoms with Crippen LogP contribution < -0.4 is 0 Å². The van der Waals surface area contributed by atoms with E-state index in [0.29, 0.717) is 18.8 Å². The normalized spacial score (nSPS) is 28.6. The maximum atomic E-state index is 8.53. The van der Waals surface area contributed by atoms with Crippen molar-refractivity contribution in [2.75, 3.05) is 13.2 Å². The molecule has 0 spiro atoms. The SMILES string of the molecule is CC(C)(C)OC1CC(OCCO)C1. The van der Waals surface area contributed by atoms with E-state index in [0.717, 1.165) is 12.8 Å². The van der Waals surface area contributed by atoms with Crippen molar-refractivity contribution >= 4 is 0 Å². The van der Waals surface area contributed by atoms with E-state index in [-0.39, 0.29) is 12.2 Å². The zero-order chi connectivity index (χ0) is 9.90. The summed E-state index contributed by atoms with van der Waals surface area (Å²) < 4.78 is 11.1. The molecular formula is C10H20O3. The molecule has 1 saturated carbocycles. The van der Waals surface area contributed by atoms with Gasteiger partial charge in [-0.25, -0.2) is 0 Å². The Morgan fingerprint density at radius 3 is 2.31 bits per heavy atom. The van der Waals surface area contributed by atoms with Crippen molar-refractivity contribution in [3.8, 4) is 0 Å². The Labute approximate surface area is 80.0 Å². The molecule has 78 valence electrons. The predicted octanol–water partition coefficient (Wildman–Crippen LogP) is 1.34. The Morgan fingerprint density at radius 1 is 1.23 bits per heavy atom. The van der Waals surface area contributed by atoms with Crippen molar-refractivity contribution in [1.29, 1.82) is 0 Å². The van der Waals surface area contributed by atoms with Gasteiger partial charge < -0.3 is 14.6 Å². The molecule has 0 amide bonds. The summed E-state index contributed by atoms with van der Waals surface area (Å²) in [4.78, 5) is 0. The third-order valence-electron chi connectivity index (χ3n) is 2.02. The number of ether oxygens (including phenoxy) is 2. The van der Waals surface area contributed by atoms with Crippen molar-refractivity contribution in [2.45, 2.75) is 51.4 Å². The van der Waals surface area contributed by atoms with Crippen LogP contribution in [0.15, 0.2) is 0 Å². The first-order valence-corrected chi connectivity index (χ1v) is 4.91. The first kappa shape index (κ1) is 11.0. The molecule has 0 unspecified atom stereocenters. The second kappa shape index (κ2) is 4.40. The minimum atomic E-state index is -0.0490. The summed E-state index contributed by atoms with van der Waals surface area (Å²) in [6, 6.07) is 0. The van der Waals surface area contributed by atoms with Crippen molar-refractivity contribution in [2.24, 2.45) is 0 Å². The average Bonchev–Trinajstić information content (AvgIpc) is 1.91. The summed E-state index contributed by atoms with van der Waals surface area (Å²) >= 11 is 0. The highest BCUT2D eigenvalue weighted by Crippen LogP contribution is 2.29. The smallest absolute Gasteiger partial charge is 0.0701 e. The summed E-state index contributed by atoms with van der Waals surface area (Å²) in [5.41, 5.74) is -0.0490. The molecule has 0 radical (unpaired) electrons. The van der Waals surface area contributed by atoms with E-state index in [9.17, 15) is 0 Å². The van der Waals surface area contributed by atoms with Gasteiger partial charge in [-0.15, -0.1) is 0 Å². The lowest BCUT2D eigenvalue weighted by Crippen LogP contribution is -2.42. The van der Waals surface area contributed by atoms with E-state index in [1.807, 2.05) is 0 Å². The van der Waals surface area contributed by atoms with Crippen LogP contribution in [0.5, 0.6) is 0 Å². The minimum absolute atomic E-state index is 0.0490. The summed E-state index contributed by atoms with van der Waals surface area (Å²) in [7, 11) is 0. The first-order chi connectivity index (χ1) is 6.01. The van der Waals surface area contributed by atoms with Gasteiger partial charge in [0.2, 0.25) is 0 Å². The molecule has 0 aliphatic heterocycles. The van der Waals surface area contributed by atoms with Gasteiger partial charge >= 0.3 is 0 Å². The van der Waals surface area contributed by atoms with Crippen LogP contribution in [0.4, 0.5) is 0 Å². The summed E-state index contributed by atoms with van der Waals surface area (Å²) in [5.74, 6) is 0. The Bertz CT molecular complexity index is 145. The highest BCUT2D eigenvalue weighted by Gasteiger charge is 2.33. The Balaban J connectivity index is 2.05. The zero-order valence-corrected chi connectivity index (χ0v) is 8.75. The summed E-state index contributed by atoms with van der Waals surface area (Å²) in [5, 5.41) is 8.53. The van der Waals surface area contributed by atoms with Crippen LogP contribution >= 0.6 is 0 Å². The average molecular weight is 188 g/mol. The Hall–Kier alpha value is -0.120. The molecule has 3 nitrogen and oxygen atoms in total. The molecule has 1 N–H and O–H groups in total. The Kier molecular flexibility index (Phi) is 3.71. The van der Waals surface area contributed by atoms with Crippen LogP contribution in [0.25, 0.3) is 0 Å². The van der Waals surface area contributed by atoms with Crippen molar-refractivity contribution < 1.29 is 14.6 Å². The summed E-state index contributed by atoms with van der Waals surface area (Å²) in [6.45, 7) is 6.76. The fourth-order valence-electron chi connectivity index (χ4n) is 1.47. The topological polar surface area (TPSA) is 38.7 Å². The monoisotopic (exact) mass is 188 g/mol. The van der Waals surface area contributed by atoms with E-state index in [1.165, 1.54) is 0 Å². The molecule has 1 fully saturated rings. The molecule has 0 saturated heterocycles. The number of aliphatic hydroxyl groups excluding tert-OH is 1. The van der Waals surface area contributed by atoms with Gasteiger partial charge in [0.1, 0.15) is 0 Å². The molecule has 0 aromatic carbocycles. The first-order valence-electron chi connectivity index (χ1n) is 4.91. The van der Waals surface area contributed by atoms with Crippen LogP contribution in [0.1, 0.15) is 33.6 Å². The maximum absolute atomic E-state index is 8.53. The van der Waals surface area contributed by atoms with E-state index < -0.39 is 0 Å². The van der Waals surface area contributed by atoms with Gasteiger partial charge in [0.25, 0.3) is 0 Å². The highest BCUT2D eigenvalue weighted by atomic mass is 16.5. The van der Waals surface area contributed by atoms with Gasteiger partial charge in [0.05, 0.1) is 31.0 Å². The highest BCUT2D eigenvalue weighted by molar-refractivity contribution is 4.83. The molecule has 0 bridgehead atoms. The quantitative estimate of drug-likeness (QED) is 0.723. The number of aliphatic hydroxyl groups is 1. The molecular weight excluding hydrogens is 168 g/mol. The lowest BCUT2D eigenvalue weighted by atomic mass is 9.91. The van der Waals surface area contributed by atoms with Gasteiger partial charge in [-0.3, -0.25) is 0 Å². The molecule has 0 atom stereocenters. The maximum Gasteiger partial charge on any atom is 0.0701 e. The lowest BCUT2D eigenvalue weighted by Gasteiger charge is -2.38. The molecule has 1 aliphatic carbocycles. The molecule has 0 heterocycles. The Morgan fingerprint density at radius 2 is 1.85 bits per heavy atom. The fraction of sp³-hybridized carbons (Fsp3) is 1.00. The fourth-order valence-corrected chi connectivity index (χ4v) is 1.47. The molecule has 3 heteroatoms. The predicted molar refractivity (Wildman–Crippen MR) is 50.7 cm³/mol. The van der Waals surface area contributed by atoms with E-state index in [2.05, 4.69) is 20.8 Å². The summed E-state index contributed by atoms with van der Waals surface area (Å²) in [6.07, 6.45) is 2.59. The van der Waals surface area contributed by atoms with E-state index >= 15 is 0 Å². The molecule has 1 rings (SSSR count). The van der Waals surface area contributed by atoms with Gasteiger partial charge in [-0.2, -0.15) is 0 Å². The van der Waals surface area contributed by atoms with Gasteiger partial charge in [-0.05, 0) is 33.6 Å². The second-order valence-corrected chi connectivity index (χ2v) is 4.54. The van der Waals surface area contributed by atoms with Gasteiger partial charge in [0.15, 0.2) is 0 Å². The van der Waals surface area contributed by atoms with Crippen LogP contribution in [-0.2, 0) is 9.47 Å². The van der Waals surface area contributed by atoms with Crippen molar-refractivity contribution in [3.63, 3.8) is 0 Å². The van der Waals surface area contributed by atoms with E-state index in [1.54, 1.807) is 0 Å². The van der Waals surface area contributed by atoms with Crippen LogP contribution in [0.2, 0.25) is 0 Å². The largest absolute Gasteiger partial charge is 0.394 e. The van der Waals surface area contributed by atoms with Crippen LogP contribution in [-0.4, -0.2) is 36.1 Å².